The van der Waals surface area contributed by atoms with Crippen LogP contribution in [0.2, 0.25) is 0 Å². The molecule has 0 aliphatic carbocycles. The first-order chi connectivity index (χ1) is 13.5. The molecule has 6 heteroatoms. The predicted octanol–water partition coefficient (Wildman–Crippen LogP) is 3.61. The van der Waals surface area contributed by atoms with Crippen LogP contribution in [0.3, 0.4) is 0 Å². The lowest BCUT2D eigenvalue weighted by atomic mass is 10.1. The topological polar surface area (TPSA) is 66.5 Å². The van der Waals surface area contributed by atoms with Crippen LogP contribution in [0, 0.1) is 0 Å². The third-order valence-electron chi connectivity index (χ3n) is 5.15. The molecule has 28 heavy (non-hydrogen) atoms. The van der Waals surface area contributed by atoms with Crippen LogP contribution in [0.25, 0.3) is 0 Å². The fourth-order valence-electron chi connectivity index (χ4n) is 3.53. The van der Waals surface area contributed by atoms with Gasteiger partial charge in [-0.25, -0.2) is 8.42 Å². The van der Waals surface area contributed by atoms with Crippen molar-refractivity contribution in [3.8, 4) is 0 Å². The number of nitrogens with one attached hydrogen (secondary N) is 1. The Balaban J connectivity index is 1.70. The van der Waals surface area contributed by atoms with Crippen molar-refractivity contribution in [2.75, 3.05) is 13.1 Å². The maximum atomic E-state index is 13.1. The smallest absolute Gasteiger partial charge is 0.252 e. The van der Waals surface area contributed by atoms with Gasteiger partial charge in [0.15, 0.2) is 0 Å². The van der Waals surface area contributed by atoms with Crippen molar-refractivity contribution in [2.45, 2.75) is 50.0 Å². The number of rotatable bonds is 7. The summed E-state index contributed by atoms with van der Waals surface area (Å²) in [5, 5.41) is 2.96. The molecule has 1 aliphatic rings. The molecule has 0 spiro atoms. The van der Waals surface area contributed by atoms with E-state index in [-0.39, 0.29) is 22.4 Å². The molecular formula is C22H28N2O3S. The highest BCUT2D eigenvalue weighted by molar-refractivity contribution is 7.89. The monoisotopic (exact) mass is 400 g/mol. The molecule has 1 amide bonds. The number of amides is 1. The van der Waals surface area contributed by atoms with Crippen molar-refractivity contribution >= 4 is 15.9 Å². The number of piperidine rings is 1. The number of aryl methyl sites for hydroxylation is 1. The Morgan fingerprint density at radius 1 is 1.00 bits per heavy atom. The van der Waals surface area contributed by atoms with Gasteiger partial charge in [-0.05, 0) is 50.3 Å². The Labute approximate surface area is 167 Å². The van der Waals surface area contributed by atoms with Gasteiger partial charge in [-0.3, -0.25) is 4.79 Å². The van der Waals surface area contributed by atoms with Gasteiger partial charge in [0.2, 0.25) is 10.0 Å². The lowest BCUT2D eigenvalue weighted by Gasteiger charge is -2.26. The van der Waals surface area contributed by atoms with E-state index in [1.165, 1.54) is 15.9 Å². The van der Waals surface area contributed by atoms with E-state index >= 15 is 0 Å². The second-order valence-corrected chi connectivity index (χ2v) is 9.27. The van der Waals surface area contributed by atoms with Crippen molar-refractivity contribution in [1.29, 1.82) is 0 Å². The molecule has 2 aromatic rings. The van der Waals surface area contributed by atoms with Gasteiger partial charge < -0.3 is 5.32 Å². The third-order valence-corrected chi connectivity index (χ3v) is 7.11. The molecule has 0 radical (unpaired) electrons. The zero-order chi connectivity index (χ0) is 20.0. The van der Waals surface area contributed by atoms with E-state index in [1.807, 2.05) is 25.1 Å². The minimum atomic E-state index is -3.66. The van der Waals surface area contributed by atoms with Crippen molar-refractivity contribution in [3.63, 3.8) is 0 Å². The van der Waals surface area contributed by atoms with Crippen LogP contribution in [0.4, 0.5) is 0 Å². The van der Waals surface area contributed by atoms with Gasteiger partial charge in [-0.15, -0.1) is 0 Å². The molecule has 1 aliphatic heterocycles. The number of nitrogens with zero attached hydrogens (tertiary/aromatic N) is 1. The number of sulfonamides is 1. The molecule has 5 nitrogen and oxygen atoms in total. The van der Waals surface area contributed by atoms with E-state index in [9.17, 15) is 13.2 Å². The summed E-state index contributed by atoms with van der Waals surface area (Å²) in [6.45, 7) is 2.99. The van der Waals surface area contributed by atoms with Crippen molar-refractivity contribution in [2.24, 2.45) is 0 Å². The molecule has 1 unspecified atom stereocenters. The molecule has 2 aromatic carbocycles. The van der Waals surface area contributed by atoms with Gasteiger partial charge in [-0.2, -0.15) is 4.31 Å². The molecule has 1 atom stereocenters. The number of carbonyl (C=O) groups excluding carboxylic acids is 1. The van der Waals surface area contributed by atoms with Gasteiger partial charge in [0.05, 0.1) is 10.5 Å². The quantitative estimate of drug-likeness (QED) is 0.772. The summed E-state index contributed by atoms with van der Waals surface area (Å²) in [7, 11) is -3.66. The summed E-state index contributed by atoms with van der Waals surface area (Å²) in [5.41, 5.74) is 1.44. The van der Waals surface area contributed by atoms with Crippen LogP contribution >= 0.6 is 0 Å². The Bertz CT molecular complexity index is 891. The Morgan fingerprint density at radius 2 is 1.64 bits per heavy atom. The molecule has 1 N–H and O–H groups in total. The van der Waals surface area contributed by atoms with Crippen molar-refractivity contribution in [3.05, 3.63) is 65.7 Å². The van der Waals surface area contributed by atoms with Gasteiger partial charge >= 0.3 is 0 Å². The summed E-state index contributed by atoms with van der Waals surface area (Å²) in [4.78, 5) is 12.9. The summed E-state index contributed by atoms with van der Waals surface area (Å²) >= 11 is 0. The fourth-order valence-corrected chi connectivity index (χ4v) is 5.23. The van der Waals surface area contributed by atoms with E-state index in [0.29, 0.717) is 13.1 Å². The molecule has 0 saturated carbocycles. The van der Waals surface area contributed by atoms with Crippen LogP contribution in [-0.4, -0.2) is 37.8 Å². The second kappa shape index (κ2) is 9.34. The highest BCUT2D eigenvalue weighted by Gasteiger charge is 2.29. The maximum absolute atomic E-state index is 13.1. The zero-order valence-electron chi connectivity index (χ0n) is 16.3. The SMILES string of the molecule is CC(CCc1ccccc1)NC(=O)c1ccccc1S(=O)(=O)N1CCCCC1. The zero-order valence-corrected chi connectivity index (χ0v) is 17.1. The number of benzene rings is 2. The molecule has 0 aromatic heterocycles. The fraction of sp³-hybridized carbons (Fsp3) is 0.409. The average molecular weight is 401 g/mol. The molecule has 1 fully saturated rings. The molecule has 150 valence electrons. The summed E-state index contributed by atoms with van der Waals surface area (Å²) in [6.07, 6.45) is 4.42. The largest absolute Gasteiger partial charge is 0.350 e. The Hall–Kier alpha value is -2.18. The molecular weight excluding hydrogens is 372 g/mol. The average Bonchev–Trinajstić information content (AvgIpc) is 2.73. The van der Waals surface area contributed by atoms with E-state index < -0.39 is 10.0 Å². The first-order valence-electron chi connectivity index (χ1n) is 9.92. The van der Waals surface area contributed by atoms with Gasteiger partial charge in [0.1, 0.15) is 0 Å². The Kier molecular flexibility index (Phi) is 6.86. The minimum absolute atomic E-state index is 0.0570. The van der Waals surface area contributed by atoms with E-state index in [2.05, 4.69) is 17.4 Å². The predicted molar refractivity (Wildman–Crippen MR) is 111 cm³/mol. The molecule has 1 heterocycles. The number of hydrogen-bond donors (Lipinski definition) is 1. The standard InChI is InChI=1S/C22H28N2O3S/c1-18(14-15-19-10-4-2-5-11-19)23-22(25)20-12-6-7-13-21(20)28(26,27)24-16-8-3-9-17-24/h2,4-7,10-13,18H,3,8-9,14-17H2,1H3,(H,23,25). The summed E-state index contributed by atoms with van der Waals surface area (Å²) < 4.78 is 27.6. The van der Waals surface area contributed by atoms with Crippen LogP contribution in [0.15, 0.2) is 59.5 Å². The van der Waals surface area contributed by atoms with Crippen LogP contribution in [0.5, 0.6) is 0 Å². The first-order valence-corrected chi connectivity index (χ1v) is 11.4. The highest BCUT2D eigenvalue weighted by atomic mass is 32.2. The Morgan fingerprint density at radius 3 is 2.36 bits per heavy atom. The van der Waals surface area contributed by atoms with E-state index in [1.54, 1.807) is 18.2 Å². The third kappa shape index (κ3) is 5.00. The minimum Gasteiger partial charge on any atom is -0.350 e. The van der Waals surface area contributed by atoms with Crippen LogP contribution in [0.1, 0.15) is 48.5 Å². The molecule has 1 saturated heterocycles. The number of hydrogen-bond acceptors (Lipinski definition) is 3. The van der Waals surface area contributed by atoms with Crippen LogP contribution in [-0.2, 0) is 16.4 Å². The first kappa shape index (κ1) is 20.6. The van der Waals surface area contributed by atoms with E-state index in [4.69, 9.17) is 0 Å². The summed E-state index contributed by atoms with van der Waals surface area (Å²) in [6, 6.07) is 16.6. The van der Waals surface area contributed by atoms with Crippen molar-refractivity contribution in [1.82, 2.24) is 9.62 Å². The van der Waals surface area contributed by atoms with E-state index in [0.717, 1.165) is 32.1 Å². The molecule has 0 bridgehead atoms. The normalized spacial score (nSPS) is 16.5. The highest BCUT2D eigenvalue weighted by Crippen LogP contribution is 2.23. The van der Waals surface area contributed by atoms with Gasteiger partial charge in [-0.1, -0.05) is 48.9 Å². The number of carbonyl (C=O) groups is 1. The maximum Gasteiger partial charge on any atom is 0.252 e. The van der Waals surface area contributed by atoms with Gasteiger partial charge in [0, 0.05) is 19.1 Å². The molecule has 3 rings (SSSR count). The van der Waals surface area contributed by atoms with Crippen LogP contribution < -0.4 is 5.32 Å². The lowest BCUT2D eigenvalue weighted by Crippen LogP contribution is -2.38. The van der Waals surface area contributed by atoms with Crippen molar-refractivity contribution < 1.29 is 13.2 Å². The lowest BCUT2D eigenvalue weighted by molar-refractivity contribution is 0.0935. The summed E-state index contributed by atoms with van der Waals surface area (Å²) in [5.74, 6) is -0.336. The second-order valence-electron chi connectivity index (χ2n) is 7.36. The van der Waals surface area contributed by atoms with Gasteiger partial charge in [0.25, 0.3) is 5.91 Å².